The Bertz CT molecular complexity index is 3350. The summed E-state index contributed by atoms with van der Waals surface area (Å²) in [4.78, 5) is 2.51. The Kier molecular flexibility index (Phi) is 5.41. The Hall–Kier alpha value is -6.42. The van der Waals surface area contributed by atoms with E-state index in [1.165, 1.54) is 96.3 Å². The molecule has 3 aromatic heterocycles. The minimum Gasteiger partial charge on any atom is -0.310 e. The molecular formula is C48H28N2S. The van der Waals surface area contributed by atoms with Crippen LogP contribution in [0.2, 0.25) is 0 Å². The number of aromatic nitrogens is 1. The summed E-state index contributed by atoms with van der Waals surface area (Å²) in [5, 5.41) is 15.4. The van der Waals surface area contributed by atoms with E-state index in [1.54, 1.807) is 0 Å². The number of hydrogen-bond donors (Lipinski definition) is 0. The van der Waals surface area contributed by atoms with Crippen LogP contribution in [-0.2, 0) is 0 Å². The summed E-state index contributed by atoms with van der Waals surface area (Å²) in [5.74, 6) is 0. The van der Waals surface area contributed by atoms with Gasteiger partial charge in [0, 0.05) is 53.1 Å². The fourth-order valence-corrected chi connectivity index (χ4v) is 10.0. The van der Waals surface area contributed by atoms with Crippen LogP contribution in [0.15, 0.2) is 170 Å². The maximum Gasteiger partial charge on any atom is 0.0641 e. The first-order chi connectivity index (χ1) is 25.3. The number of para-hydroxylation sites is 2. The molecule has 0 aliphatic carbocycles. The predicted octanol–water partition coefficient (Wildman–Crippen LogP) is 14.1. The lowest BCUT2D eigenvalue weighted by molar-refractivity contribution is 1.31. The van der Waals surface area contributed by atoms with Crippen LogP contribution in [0, 0.1) is 0 Å². The van der Waals surface area contributed by atoms with Gasteiger partial charge in [-0.25, -0.2) is 0 Å². The molecule has 0 spiro atoms. The van der Waals surface area contributed by atoms with Crippen LogP contribution in [-0.4, -0.2) is 4.40 Å². The minimum atomic E-state index is 1.14. The molecule has 3 heterocycles. The second-order valence-corrected chi connectivity index (χ2v) is 14.7. The number of nitrogens with zero attached hydrogens (tertiary/aromatic N) is 2. The van der Waals surface area contributed by atoms with Crippen molar-refractivity contribution >= 4 is 119 Å². The molecule has 0 fully saturated rings. The molecule has 2 nitrogen and oxygen atoms in total. The number of fused-ring (bicyclic) bond motifs is 15. The van der Waals surface area contributed by atoms with Crippen molar-refractivity contribution < 1.29 is 0 Å². The van der Waals surface area contributed by atoms with Gasteiger partial charge in [-0.05, 0) is 86.9 Å². The van der Waals surface area contributed by atoms with E-state index in [4.69, 9.17) is 0 Å². The Balaban J connectivity index is 1.23. The Labute approximate surface area is 296 Å². The summed E-state index contributed by atoms with van der Waals surface area (Å²) in [6.07, 6.45) is 0. The lowest BCUT2D eigenvalue weighted by Crippen LogP contribution is -2.10. The fourth-order valence-electron chi connectivity index (χ4n) is 8.94. The van der Waals surface area contributed by atoms with E-state index in [-0.39, 0.29) is 0 Å². The monoisotopic (exact) mass is 664 g/mol. The molecule has 0 bridgehead atoms. The largest absolute Gasteiger partial charge is 0.310 e. The average molecular weight is 665 g/mol. The van der Waals surface area contributed by atoms with Crippen LogP contribution < -0.4 is 4.90 Å². The van der Waals surface area contributed by atoms with Gasteiger partial charge >= 0.3 is 0 Å². The Morgan fingerprint density at radius 3 is 1.57 bits per heavy atom. The topological polar surface area (TPSA) is 7.65 Å². The molecule has 0 saturated heterocycles. The molecular weight excluding hydrogens is 637 g/mol. The molecule has 0 radical (unpaired) electrons. The van der Waals surface area contributed by atoms with E-state index in [1.807, 2.05) is 11.3 Å². The van der Waals surface area contributed by atoms with E-state index >= 15 is 0 Å². The van der Waals surface area contributed by atoms with Gasteiger partial charge in [0.1, 0.15) is 0 Å². The SMILES string of the molecule is c1ccc2c(c1)sc1ccc(N(c3ccc4c5ccccc5c5ccccc5c4c3)c3ccc4c5ccccc5n5c6ccccc6c3c45)cc12. The molecule has 9 aromatic carbocycles. The zero-order valence-corrected chi connectivity index (χ0v) is 28.3. The van der Waals surface area contributed by atoms with Crippen LogP contribution in [0.1, 0.15) is 0 Å². The highest BCUT2D eigenvalue weighted by Gasteiger charge is 2.24. The van der Waals surface area contributed by atoms with Gasteiger partial charge in [-0.3, -0.25) is 0 Å². The van der Waals surface area contributed by atoms with E-state index < -0.39 is 0 Å². The molecule has 0 aliphatic heterocycles. The van der Waals surface area contributed by atoms with Crippen molar-refractivity contribution in [3.63, 3.8) is 0 Å². The summed E-state index contributed by atoms with van der Waals surface area (Å²) >= 11 is 1.87. The van der Waals surface area contributed by atoms with Crippen molar-refractivity contribution in [1.82, 2.24) is 4.40 Å². The number of benzene rings is 9. The Morgan fingerprint density at radius 2 is 0.843 bits per heavy atom. The van der Waals surface area contributed by atoms with E-state index in [9.17, 15) is 0 Å². The van der Waals surface area contributed by atoms with Gasteiger partial charge in [-0.2, -0.15) is 0 Å². The second-order valence-electron chi connectivity index (χ2n) is 13.7. The van der Waals surface area contributed by atoms with Crippen molar-refractivity contribution in [2.75, 3.05) is 4.90 Å². The first-order valence-electron chi connectivity index (χ1n) is 17.5. The first-order valence-corrected chi connectivity index (χ1v) is 18.3. The fraction of sp³-hybridized carbons (Fsp3) is 0. The quantitative estimate of drug-likeness (QED) is 0.171. The molecule has 0 aliphatic rings. The zero-order valence-electron chi connectivity index (χ0n) is 27.5. The highest BCUT2D eigenvalue weighted by molar-refractivity contribution is 7.25. The summed E-state index contributed by atoms with van der Waals surface area (Å²) in [6, 6.07) is 63.0. The summed E-state index contributed by atoms with van der Waals surface area (Å²) in [5.41, 5.74) is 7.24. The summed E-state index contributed by atoms with van der Waals surface area (Å²) < 4.78 is 5.10. The summed E-state index contributed by atoms with van der Waals surface area (Å²) in [7, 11) is 0. The zero-order chi connectivity index (χ0) is 33.2. The molecule has 0 unspecified atom stereocenters. The molecule has 236 valence electrons. The van der Waals surface area contributed by atoms with Crippen molar-refractivity contribution in [2.24, 2.45) is 0 Å². The van der Waals surface area contributed by atoms with Crippen molar-refractivity contribution in [1.29, 1.82) is 0 Å². The van der Waals surface area contributed by atoms with E-state index in [0.717, 1.165) is 11.4 Å². The van der Waals surface area contributed by atoms with Crippen LogP contribution in [0.3, 0.4) is 0 Å². The van der Waals surface area contributed by atoms with Gasteiger partial charge in [0.25, 0.3) is 0 Å². The first kappa shape index (κ1) is 27.4. The molecule has 12 aromatic rings. The van der Waals surface area contributed by atoms with Gasteiger partial charge in [0.2, 0.25) is 0 Å². The normalized spacial score (nSPS) is 12.3. The number of rotatable bonds is 3. The van der Waals surface area contributed by atoms with E-state index in [2.05, 4.69) is 179 Å². The summed E-state index contributed by atoms with van der Waals surface area (Å²) in [6.45, 7) is 0. The standard InChI is InChI=1S/C48H28N2S/c1-2-13-33-31(11-1)32-12-3-4-14-34(32)40-27-29(21-23-35(33)40)49(30-22-26-46-41(28-30)37-16-7-10-20-45(37)51-46)44-25-24-38-36-15-5-8-18-42(36)50-43-19-9-6-17-39(43)47(44)48(38)50/h1-28H. The molecule has 12 rings (SSSR count). The molecule has 3 heteroatoms. The number of thiophene rings is 1. The lowest BCUT2D eigenvalue weighted by atomic mass is 9.94. The third-order valence-electron chi connectivity index (χ3n) is 11.1. The number of anilines is 3. The predicted molar refractivity (Wildman–Crippen MR) is 221 cm³/mol. The maximum atomic E-state index is 2.51. The van der Waals surface area contributed by atoms with Crippen molar-refractivity contribution in [2.45, 2.75) is 0 Å². The third-order valence-corrected chi connectivity index (χ3v) is 12.2. The minimum absolute atomic E-state index is 1.14. The molecule has 0 atom stereocenters. The van der Waals surface area contributed by atoms with Gasteiger partial charge in [-0.15, -0.1) is 11.3 Å². The van der Waals surface area contributed by atoms with Crippen molar-refractivity contribution in [3.8, 4) is 0 Å². The lowest BCUT2D eigenvalue weighted by Gasteiger charge is -2.27. The molecule has 0 N–H and O–H groups in total. The maximum absolute atomic E-state index is 2.51. The van der Waals surface area contributed by atoms with Gasteiger partial charge in [0.15, 0.2) is 0 Å². The van der Waals surface area contributed by atoms with Crippen molar-refractivity contribution in [3.05, 3.63) is 170 Å². The van der Waals surface area contributed by atoms with Gasteiger partial charge < -0.3 is 9.30 Å². The van der Waals surface area contributed by atoms with Gasteiger partial charge in [-0.1, -0.05) is 115 Å². The van der Waals surface area contributed by atoms with Gasteiger partial charge in [0.05, 0.1) is 22.2 Å². The average Bonchev–Trinajstić information content (AvgIpc) is 3.85. The smallest absolute Gasteiger partial charge is 0.0641 e. The van der Waals surface area contributed by atoms with Crippen LogP contribution in [0.25, 0.3) is 90.6 Å². The van der Waals surface area contributed by atoms with Crippen LogP contribution in [0.5, 0.6) is 0 Å². The third kappa shape index (κ3) is 3.65. The highest BCUT2D eigenvalue weighted by atomic mass is 32.1. The van der Waals surface area contributed by atoms with Crippen LogP contribution >= 0.6 is 11.3 Å². The number of hydrogen-bond acceptors (Lipinski definition) is 2. The van der Waals surface area contributed by atoms with E-state index in [0.29, 0.717) is 0 Å². The second kappa shape index (κ2) is 10.1. The molecule has 0 saturated carbocycles. The molecule has 51 heavy (non-hydrogen) atoms. The Morgan fingerprint density at radius 1 is 0.353 bits per heavy atom. The molecule has 0 amide bonds. The van der Waals surface area contributed by atoms with Crippen LogP contribution in [0.4, 0.5) is 17.1 Å². The highest BCUT2D eigenvalue weighted by Crippen LogP contribution is 2.49.